The van der Waals surface area contributed by atoms with E-state index in [0.29, 0.717) is 17.1 Å². The van der Waals surface area contributed by atoms with Crippen molar-refractivity contribution in [3.63, 3.8) is 0 Å². The summed E-state index contributed by atoms with van der Waals surface area (Å²) >= 11 is 5.49. The van der Waals surface area contributed by atoms with Gasteiger partial charge in [-0.15, -0.1) is 11.6 Å². The molecule has 6 heteroatoms. The minimum Gasteiger partial charge on any atom is -0.484 e. The predicted molar refractivity (Wildman–Crippen MR) is 69.3 cm³/mol. The molecule has 0 amide bonds. The first kappa shape index (κ1) is 13.4. The molecule has 0 aliphatic carbocycles. The van der Waals surface area contributed by atoms with E-state index in [1.165, 1.54) is 24.5 Å². The molecule has 0 radical (unpaired) electrons. The minimum atomic E-state index is -0.370. The molecule has 1 aromatic heterocycles. The van der Waals surface area contributed by atoms with Gasteiger partial charge in [0.05, 0.1) is 11.4 Å². The Morgan fingerprint density at radius 2 is 2.32 bits per heavy atom. The fourth-order valence-corrected chi connectivity index (χ4v) is 1.51. The molecule has 0 spiro atoms. The van der Waals surface area contributed by atoms with Crippen LogP contribution < -0.4 is 4.74 Å². The molecule has 4 nitrogen and oxygen atoms in total. The van der Waals surface area contributed by atoms with Crippen molar-refractivity contribution in [2.45, 2.75) is 6.61 Å². The number of ether oxygens (including phenoxy) is 1. The first-order chi connectivity index (χ1) is 9.20. The number of aromatic nitrogens is 3. The summed E-state index contributed by atoms with van der Waals surface area (Å²) in [6.07, 6.45) is 1.44. The van der Waals surface area contributed by atoms with E-state index in [2.05, 4.69) is 21.9 Å². The van der Waals surface area contributed by atoms with E-state index >= 15 is 0 Å². The smallest absolute Gasteiger partial charge is 0.164 e. The van der Waals surface area contributed by atoms with Gasteiger partial charge in [0, 0.05) is 7.05 Å². The van der Waals surface area contributed by atoms with Gasteiger partial charge >= 0.3 is 0 Å². The summed E-state index contributed by atoms with van der Waals surface area (Å²) in [7, 11) is 1.77. The molecular weight excluding hydrogens is 269 g/mol. The van der Waals surface area contributed by atoms with Crippen molar-refractivity contribution in [2.75, 3.05) is 5.88 Å². The van der Waals surface area contributed by atoms with E-state index in [9.17, 15) is 4.39 Å². The molecule has 0 N–H and O–H groups in total. The van der Waals surface area contributed by atoms with Crippen LogP contribution in [0.5, 0.6) is 5.75 Å². The molecule has 0 aliphatic heterocycles. The fraction of sp³-hybridized carbons (Fsp3) is 0.231. The third-order valence-corrected chi connectivity index (χ3v) is 2.53. The van der Waals surface area contributed by atoms with Gasteiger partial charge in [0.25, 0.3) is 0 Å². The van der Waals surface area contributed by atoms with Crippen molar-refractivity contribution in [1.29, 1.82) is 0 Å². The van der Waals surface area contributed by atoms with Gasteiger partial charge in [0.15, 0.2) is 5.82 Å². The van der Waals surface area contributed by atoms with Gasteiger partial charge in [-0.3, -0.25) is 4.68 Å². The highest BCUT2D eigenvalue weighted by atomic mass is 35.5. The van der Waals surface area contributed by atoms with Gasteiger partial charge < -0.3 is 4.74 Å². The van der Waals surface area contributed by atoms with Crippen molar-refractivity contribution >= 4 is 11.6 Å². The Kier molecular flexibility index (Phi) is 4.37. The van der Waals surface area contributed by atoms with Gasteiger partial charge in [0.2, 0.25) is 0 Å². The van der Waals surface area contributed by atoms with Gasteiger partial charge in [-0.1, -0.05) is 11.8 Å². The highest BCUT2D eigenvalue weighted by Gasteiger charge is 2.06. The lowest BCUT2D eigenvalue weighted by atomic mass is 10.2. The summed E-state index contributed by atoms with van der Waals surface area (Å²) < 4.78 is 20.4. The predicted octanol–water partition coefficient (Wildman–Crippen LogP) is 2.12. The fourth-order valence-electron chi connectivity index (χ4n) is 1.45. The van der Waals surface area contributed by atoms with E-state index < -0.39 is 0 Å². The maximum Gasteiger partial charge on any atom is 0.164 e. The Bertz CT molecular complexity index is 630. The van der Waals surface area contributed by atoms with E-state index in [-0.39, 0.29) is 18.3 Å². The molecule has 1 heterocycles. The van der Waals surface area contributed by atoms with Crippen LogP contribution in [-0.2, 0) is 13.7 Å². The Morgan fingerprint density at radius 3 is 3.00 bits per heavy atom. The van der Waals surface area contributed by atoms with Crippen molar-refractivity contribution in [2.24, 2.45) is 7.05 Å². The van der Waals surface area contributed by atoms with Gasteiger partial charge in [-0.05, 0) is 18.2 Å². The molecule has 0 atom stereocenters. The van der Waals surface area contributed by atoms with Gasteiger partial charge in [0.1, 0.15) is 24.5 Å². The lowest BCUT2D eigenvalue weighted by molar-refractivity contribution is 0.288. The van der Waals surface area contributed by atoms with Gasteiger partial charge in [-0.2, -0.15) is 5.10 Å². The van der Waals surface area contributed by atoms with Crippen LogP contribution in [0.25, 0.3) is 0 Å². The van der Waals surface area contributed by atoms with E-state index in [4.69, 9.17) is 16.3 Å². The summed E-state index contributed by atoms with van der Waals surface area (Å²) in [5.74, 6) is 6.40. The van der Waals surface area contributed by atoms with Crippen LogP contribution in [-0.4, -0.2) is 20.6 Å². The molecule has 2 rings (SSSR count). The second kappa shape index (κ2) is 6.21. The van der Waals surface area contributed by atoms with Crippen LogP contribution in [0.3, 0.4) is 0 Å². The monoisotopic (exact) mass is 279 g/mol. The number of hydrogen-bond acceptors (Lipinski definition) is 3. The highest BCUT2D eigenvalue weighted by Crippen LogP contribution is 2.19. The second-order valence-corrected chi connectivity index (χ2v) is 3.93. The van der Waals surface area contributed by atoms with E-state index in [1.54, 1.807) is 11.7 Å². The lowest BCUT2D eigenvalue weighted by Crippen LogP contribution is -2.05. The van der Waals surface area contributed by atoms with Crippen LogP contribution in [0, 0.1) is 17.7 Å². The summed E-state index contributed by atoms with van der Waals surface area (Å²) in [5.41, 5.74) is 0.461. The van der Waals surface area contributed by atoms with E-state index in [0.717, 1.165) is 0 Å². The van der Waals surface area contributed by atoms with Crippen LogP contribution in [0.15, 0.2) is 24.5 Å². The number of nitrogens with zero attached hydrogens (tertiary/aromatic N) is 3. The standard InChI is InChI=1S/C13H11ClFN3O/c1-18-13(16-9-17-18)8-19-12-5-4-11(15)7-10(12)3-2-6-14/h4-5,7,9H,6,8H2,1H3. The summed E-state index contributed by atoms with van der Waals surface area (Å²) in [4.78, 5) is 4.04. The first-order valence-electron chi connectivity index (χ1n) is 5.51. The SMILES string of the molecule is Cn1ncnc1COc1ccc(F)cc1C#CCCl. The zero-order valence-electron chi connectivity index (χ0n) is 10.2. The third-order valence-electron chi connectivity index (χ3n) is 2.39. The average Bonchev–Trinajstić information content (AvgIpc) is 2.81. The molecule has 0 aliphatic rings. The first-order valence-corrected chi connectivity index (χ1v) is 6.04. The molecule has 1 aromatic carbocycles. The molecule has 19 heavy (non-hydrogen) atoms. The zero-order chi connectivity index (χ0) is 13.7. The molecule has 0 bridgehead atoms. The number of halogens is 2. The number of rotatable bonds is 3. The maximum atomic E-state index is 13.2. The third kappa shape index (κ3) is 3.46. The molecule has 0 saturated heterocycles. The molecule has 0 fully saturated rings. The van der Waals surface area contributed by atoms with Crippen LogP contribution in [0.1, 0.15) is 11.4 Å². The second-order valence-electron chi connectivity index (χ2n) is 3.66. The molecular formula is C13H11ClFN3O. The average molecular weight is 280 g/mol. The quantitative estimate of drug-likeness (QED) is 0.638. The topological polar surface area (TPSA) is 39.9 Å². The normalized spacial score (nSPS) is 9.84. The van der Waals surface area contributed by atoms with Crippen molar-refractivity contribution < 1.29 is 9.13 Å². The molecule has 2 aromatic rings. The van der Waals surface area contributed by atoms with Crippen molar-refractivity contribution in [1.82, 2.24) is 14.8 Å². The van der Waals surface area contributed by atoms with Crippen molar-refractivity contribution in [3.8, 4) is 17.6 Å². The van der Waals surface area contributed by atoms with Crippen LogP contribution in [0.4, 0.5) is 4.39 Å². The summed E-state index contributed by atoms with van der Waals surface area (Å²) in [6.45, 7) is 0.234. The Labute approximate surface area is 115 Å². The number of benzene rings is 1. The Hall–Kier alpha value is -2.06. The molecule has 0 unspecified atom stereocenters. The summed E-state index contributed by atoms with van der Waals surface area (Å²) in [5, 5.41) is 3.94. The van der Waals surface area contributed by atoms with E-state index in [1.807, 2.05) is 0 Å². The number of aryl methyl sites for hydroxylation is 1. The number of hydrogen-bond donors (Lipinski definition) is 0. The number of alkyl halides is 1. The maximum absolute atomic E-state index is 13.2. The Balaban J connectivity index is 2.17. The van der Waals surface area contributed by atoms with Crippen LogP contribution >= 0.6 is 11.6 Å². The highest BCUT2D eigenvalue weighted by molar-refractivity contribution is 6.19. The van der Waals surface area contributed by atoms with Crippen molar-refractivity contribution in [3.05, 3.63) is 41.7 Å². The van der Waals surface area contributed by atoms with Crippen LogP contribution in [0.2, 0.25) is 0 Å². The zero-order valence-corrected chi connectivity index (χ0v) is 11.0. The minimum absolute atomic E-state index is 0.180. The largest absolute Gasteiger partial charge is 0.484 e. The van der Waals surface area contributed by atoms with Gasteiger partial charge in [-0.25, -0.2) is 9.37 Å². The lowest BCUT2D eigenvalue weighted by Gasteiger charge is -2.07. The Morgan fingerprint density at radius 1 is 1.47 bits per heavy atom. The molecule has 0 saturated carbocycles. The summed E-state index contributed by atoms with van der Waals surface area (Å²) in [6, 6.07) is 4.16. The molecule has 98 valence electrons.